The van der Waals surface area contributed by atoms with Crippen molar-refractivity contribution in [1.29, 1.82) is 0 Å². The molecular weight excluding hydrogens is 320 g/mol. The van der Waals surface area contributed by atoms with Gasteiger partial charge in [-0.15, -0.1) is 11.3 Å². The molecule has 3 aromatic heterocycles. The number of pyridine rings is 2. The lowest BCUT2D eigenvalue weighted by molar-refractivity contribution is 0.0997. The fraction of sp³-hybridized carbons (Fsp3) is 0.0667. The van der Waals surface area contributed by atoms with E-state index in [4.69, 9.17) is 11.6 Å². The monoisotopic (exact) mass is 330 g/mol. The van der Waals surface area contributed by atoms with Crippen LogP contribution in [0.2, 0.25) is 5.15 Å². The van der Waals surface area contributed by atoms with Gasteiger partial charge in [0.1, 0.15) is 5.15 Å². The highest BCUT2D eigenvalue weighted by atomic mass is 35.5. The van der Waals surface area contributed by atoms with Crippen LogP contribution in [0.25, 0.3) is 0 Å². The predicted molar refractivity (Wildman–Crippen MR) is 84.8 cm³/mol. The largest absolute Gasteiger partial charge is 0.319 e. The van der Waals surface area contributed by atoms with Crippen LogP contribution in [0.3, 0.4) is 0 Å². The van der Waals surface area contributed by atoms with Gasteiger partial charge in [-0.2, -0.15) is 4.99 Å². The number of hydrogen-bond donors (Lipinski definition) is 0. The van der Waals surface area contributed by atoms with Gasteiger partial charge >= 0.3 is 0 Å². The molecule has 0 spiro atoms. The average Bonchev–Trinajstić information content (AvgIpc) is 2.97. The number of thiazole rings is 1. The van der Waals surface area contributed by atoms with Gasteiger partial charge in [-0.1, -0.05) is 17.7 Å². The Morgan fingerprint density at radius 1 is 1.27 bits per heavy atom. The van der Waals surface area contributed by atoms with Gasteiger partial charge in [0, 0.05) is 35.7 Å². The maximum Gasteiger partial charge on any atom is 0.279 e. The van der Waals surface area contributed by atoms with Gasteiger partial charge in [0.25, 0.3) is 5.91 Å². The van der Waals surface area contributed by atoms with Gasteiger partial charge in [0.2, 0.25) is 0 Å². The van der Waals surface area contributed by atoms with E-state index in [1.807, 2.05) is 22.2 Å². The number of rotatable bonds is 3. The number of carbonyl (C=O) groups excluding carboxylic acids is 1. The highest BCUT2D eigenvalue weighted by Gasteiger charge is 2.05. The number of hydrogen-bond acceptors (Lipinski definition) is 4. The topological polar surface area (TPSA) is 60.1 Å². The average molecular weight is 331 g/mol. The molecule has 0 saturated carbocycles. The predicted octanol–water partition coefficient (Wildman–Crippen LogP) is 2.78. The Morgan fingerprint density at radius 3 is 2.82 bits per heavy atom. The molecule has 0 aromatic carbocycles. The molecule has 0 atom stereocenters. The van der Waals surface area contributed by atoms with Crippen LogP contribution in [0.1, 0.15) is 15.9 Å². The van der Waals surface area contributed by atoms with Crippen molar-refractivity contribution in [1.82, 2.24) is 14.5 Å². The molecule has 0 fully saturated rings. The Labute approximate surface area is 135 Å². The van der Waals surface area contributed by atoms with Crippen molar-refractivity contribution in [3.63, 3.8) is 0 Å². The molecule has 3 aromatic rings. The minimum absolute atomic E-state index is 0.284. The van der Waals surface area contributed by atoms with Crippen LogP contribution in [-0.4, -0.2) is 20.4 Å². The Kier molecular flexibility index (Phi) is 4.41. The van der Waals surface area contributed by atoms with Crippen molar-refractivity contribution in [2.24, 2.45) is 4.99 Å². The van der Waals surface area contributed by atoms with Crippen LogP contribution in [0.15, 0.2) is 59.4 Å². The second-order valence-electron chi connectivity index (χ2n) is 4.46. The minimum Gasteiger partial charge on any atom is -0.319 e. The third-order valence-corrected chi connectivity index (χ3v) is 3.94. The van der Waals surface area contributed by atoms with E-state index in [9.17, 15) is 4.79 Å². The van der Waals surface area contributed by atoms with E-state index in [0.29, 0.717) is 22.1 Å². The molecule has 0 aliphatic heterocycles. The van der Waals surface area contributed by atoms with Crippen LogP contribution >= 0.6 is 22.9 Å². The molecule has 3 heterocycles. The summed E-state index contributed by atoms with van der Waals surface area (Å²) in [5.41, 5.74) is 1.50. The molecule has 0 bridgehead atoms. The molecule has 7 heteroatoms. The molecule has 3 rings (SSSR count). The Morgan fingerprint density at radius 2 is 2.09 bits per heavy atom. The fourth-order valence-corrected chi connectivity index (χ4v) is 2.69. The zero-order valence-electron chi connectivity index (χ0n) is 11.4. The molecule has 1 amide bonds. The van der Waals surface area contributed by atoms with Gasteiger partial charge in [0.05, 0.1) is 6.54 Å². The Hall–Kier alpha value is -2.31. The minimum atomic E-state index is -0.284. The number of halogens is 1. The molecule has 0 aliphatic carbocycles. The van der Waals surface area contributed by atoms with E-state index in [2.05, 4.69) is 15.0 Å². The third-order valence-electron chi connectivity index (χ3n) is 2.93. The summed E-state index contributed by atoms with van der Waals surface area (Å²) >= 11 is 7.19. The van der Waals surface area contributed by atoms with Crippen molar-refractivity contribution in [3.8, 4) is 0 Å². The van der Waals surface area contributed by atoms with E-state index >= 15 is 0 Å². The van der Waals surface area contributed by atoms with Crippen molar-refractivity contribution >= 4 is 28.8 Å². The second-order valence-corrected chi connectivity index (χ2v) is 5.72. The first-order valence-corrected chi connectivity index (χ1v) is 7.71. The normalized spacial score (nSPS) is 11.6. The summed E-state index contributed by atoms with van der Waals surface area (Å²) in [6.07, 6.45) is 6.74. The molecular formula is C15H11ClN4OS. The summed E-state index contributed by atoms with van der Waals surface area (Å²) in [4.78, 5) is 24.9. The van der Waals surface area contributed by atoms with Crippen LogP contribution in [-0.2, 0) is 6.54 Å². The standard InChI is InChI=1S/C15H11ClN4OS/c16-13-2-1-11(9-18-13)10-20-7-8-22-15(20)19-14(21)12-3-5-17-6-4-12/h1-9H,10H2. The quantitative estimate of drug-likeness (QED) is 0.694. The smallest absolute Gasteiger partial charge is 0.279 e. The molecule has 0 aliphatic rings. The Balaban J connectivity index is 1.87. The number of nitrogens with zero attached hydrogens (tertiary/aromatic N) is 4. The van der Waals surface area contributed by atoms with Gasteiger partial charge in [-0.3, -0.25) is 9.78 Å². The van der Waals surface area contributed by atoms with Crippen molar-refractivity contribution in [3.05, 3.63) is 75.5 Å². The van der Waals surface area contributed by atoms with Gasteiger partial charge in [0.15, 0.2) is 4.80 Å². The summed E-state index contributed by atoms with van der Waals surface area (Å²) in [7, 11) is 0. The molecule has 0 saturated heterocycles. The summed E-state index contributed by atoms with van der Waals surface area (Å²) in [6, 6.07) is 6.93. The van der Waals surface area contributed by atoms with Crippen molar-refractivity contribution in [2.75, 3.05) is 0 Å². The first-order chi connectivity index (χ1) is 10.7. The summed E-state index contributed by atoms with van der Waals surface area (Å²) in [5.74, 6) is -0.284. The SMILES string of the molecule is O=C(N=c1sccn1Cc1ccc(Cl)nc1)c1ccncc1. The molecule has 0 unspecified atom stereocenters. The van der Waals surface area contributed by atoms with Gasteiger partial charge in [-0.05, 0) is 23.8 Å². The maximum atomic E-state index is 12.1. The lowest BCUT2D eigenvalue weighted by Crippen LogP contribution is -2.17. The molecule has 22 heavy (non-hydrogen) atoms. The third kappa shape index (κ3) is 3.47. The first kappa shape index (κ1) is 14.6. The summed E-state index contributed by atoms with van der Waals surface area (Å²) in [6.45, 7) is 0.579. The summed E-state index contributed by atoms with van der Waals surface area (Å²) < 4.78 is 1.90. The zero-order valence-corrected chi connectivity index (χ0v) is 13.0. The molecule has 0 N–H and O–H groups in total. The van der Waals surface area contributed by atoms with Crippen LogP contribution in [0.4, 0.5) is 0 Å². The number of aromatic nitrogens is 3. The lowest BCUT2D eigenvalue weighted by atomic mass is 10.2. The second kappa shape index (κ2) is 6.64. The molecule has 0 radical (unpaired) electrons. The number of amides is 1. The van der Waals surface area contributed by atoms with Crippen molar-refractivity contribution in [2.45, 2.75) is 6.54 Å². The van der Waals surface area contributed by atoms with Crippen LogP contribution < -0.4 is 4.80 Å². The lowest BCUT2D eigenvalue weighted by Gasteiger charge is -2.02. The zero-order chi connectivity index (χ0) is 15.4. The van der Waals surface area contributed by atoms with E-state index in [0.717, 1.165) is 5.56 Å². The van der Waals surface area contributed by atoms with Crippen LogP contribution in [0.5, 0.6) is 0 Å². The maximum absolute atomic E-state index is 12.1. The van der Waals surface area contributed by atoms with Crippen LogP contribution in [0, 0.1) is 0 Å². The Bertz CT molecular complexity index is 840. The highest BCUT2D eigenvalue weighted by molar-refractivity contribution is 7.07. The van der Waals surface area contributed by atoms with E-state index < -0.39 is 0 Å². The summed E-state index contributed by atoms with van der Waals surface area (Å²) in [5, 5.41) is 2.35. The van der Waals surface area contributed by atoms with E-state index in [1.165, 1.54) is 11.3 Å². The molecule has 110 valence electrons. The van der Waals surface area contributed by atoms with Gasteiger partial charge < -0.3 is 4.57 Å². The van der Waals surface area contributed by atoms with Gasteiger partial charge in [-0.25, -0.2) is 4.98 Å². The van der Waals surface area contributed by atoms with E-state index in [-0.39, 0.29) is 5.91 Å². The fourth-order valence-electron chi connectivity index (χ4n) is 1.85. The highest BCUT2D eigenvalue weighted by Crippen LogP contribution is 2.07. The van der Waals surface area contributed by atoms with E-state index in [1.54, 1.807) is 36.8 Å². The van der Waals surface area contributed by atoms with Crippen molar-refractivity contribution < 1.29 is 4.79 Å². The number of carbonyl (C=O) groups is 1. The first-order valence-electron chi connectivity index (χ1n) is 6.46. The molecule has 5 nitrogen and oxygen atoms in total.